The molecule has 1 heterocycles. The van der Waals surface area contributed by atoms with E-state index in [9.17, 15) is 9.59 Å². The third kappa shape index (κ3) is 4.22. The summed E-state index contributed by atoms with van der Waals surface area (Å²) in [6.45, 7) is 2.86. The Morgan fingerprint density at radius 3 is 2.95 bits per heavy atom. The fourth-order valence-corrected chi connectivity index (χ4v) is 2.53. The number of hydrogen-bond acceptors (Lipinski definition) is 5. The van der Waals surface area contributed by atoms with Crippen LogP contribution in [0.3, 0.4) is 0 Å². The zero-order valence-corrected chi connectivity index (χ0v) is 12.5. The molecule has 7 nitrogen and oxygen atoms in total. The van der Waals surface area contributed by atoms with E-state index in [1.54, 1.807) is 13.4 Å². The van der Waals surface area contributed by atoms with Gasteiger partial charge in [-0.05, 0) is 19.8 Å². The summed E-state index contributed by atoms with van der Waals surface area (Å²) in [5.74, 6) is 0.0722. The van der Waals surface area contributed by atoms with Crippen LogP contribution in [0.5, 0.6) is 0 Å². The average Bonchev–Trinajstić information content (AvgIpc) is 3.10. The molecule has 0 bridgehead atoms. The Morgan fingerprint density at radius 2 is 2.30 bits per heavy atom. The molecule has 1 aromatic heterocycles. The van der Waals surface area contributed by atoms with Crippen molar-refractivity contribution in [2.75, 3.05) is 19.3 Å². The molecule has 0 radical (unpaired) electrons. The fourth-order valence-electron chi connectivity index (χ4n) is 1.61. The molecule has 1 aromatic rings. The fraction of sp³-hybridized carbons (Fsp3) is 0.667. The normalized spacial score (nSPS) is 14.1. The van der Waals surface area contributed by atoms with Gasteiger partial charge in [0.15, 0.2) is 5.16 Å². The highest BCUT2D eigenvalue weighted by Crippen LogP contribution is 2.18. The topological polar surface area (TPSA) is 80.1 Å². The Bertz CT molecular complexity index is 486. The minimum absolute atomic E-state index is 0.0911. The van der Waals surface area contributed by atoms with E-state index in [4.69, 9.17) is 0 Å². The van der Waals surface area contributed by atoms with Crippen LogP contribution in [0.1, 0.15) is 19.8 Å². The molecule has 1 fully saturated rings. The van der Waals surface area contributed by atoms with E-state index >= 15 is 0 Å². The van der Waals surface area contributed by atoms with Crippen LogP contribution >= 0.6 is 11.8 Å². The van der Waals surface area contributed by atoms with Crippen molar-refractivity contribution in [2.45, 2.75) is 37.5 Å². The standard InChI is InChI=1S/C12H19N5O2S/c1-3-17-8-13-15-12(17)20-7-11(19)16(2)6-10(18)14-9-4-5-9/h8-9H,3-7H2,1-2H3,(H,14,18). The third-order valence-corrected chi connectivity index (χ3v) is 3.96. The number of aryl methyl sites for hydroxylation is 1. The summed E-state index contributed by atoms with van der Waals surface area (Å²) in [7, 11) is 1.64. The number of nitrogens with one attached hydrogen (secondary N) is 1. The molecule has 1 N–H and O–H groups in total. The Balaban J connectivity index is 1.74. The van der Waals surface area contributed by atoms with E-state index in [0.29, 0.717) is 6.04 Å². The van der Waals surface area contributed by atoms with Crippen LogP contribution in [0.2, 0.25) is 0 Å². The summed E-state index contributed by atoms with van der Waals surface area (Å²) in [5, 5.41) is 11.3. The van der Waals surface area contributed by atoms with Gasteiger partial charge >= 0.3 is 0 Å². The van der Waals surface area contributed by atoms with Crippen molar-refractivity contribution in [1.82, 2.24) is 25.0 Å². The molecule has 20 heavy (non-hydrogen) atoms. The van der Waals surface area contributed by atoms with Gasteiger partial charge < -0.3 is 14.8 Å². The van der Waals surface area contributed by atoms with Crippen molar-refractivity contribution in [3.05, 3.63) is 6.33 Å². The zero-order valence-electron chi connectivity index (χ0n) is 11.7. The second kappa shape index (κ2) is 6.74. The number of likely N-dealkylation sites (N-methyl/N-ethyl adjacent to an activating group) is 1. The Kier molecular flexibility index (Phi) is 4.99. The molecule has 1 aliphatic rings. The largest absolute Gasteiger partial charge is 0.352 e. The summed E-state index contributed by atoms with van der Waals surface area (Å²) in [6.07, 6.45) is 3.73. The minimum Gasteiger partial charge on any atom is -0.352 e. The predicted molar refractivity (Wildman–Crippen MR) is 75.2 cm³/mol. The SMILES string of the molecule is CCn1cnnc1SCC(=O)N(C)CC(=O)NC1CC1. The molecule has 0 aliphatic heterocycles. The smallest absolute Gasteiger partial charge is 0.239 e. The lowest BCUT2D eigenvalue weighted by molar-refractivity contribution is -0.132. The Labute approximate surface area is 122 Å². The maximum Gasteiger partial charge on any atom is 0.239 e. The first-order valence-electron chi connectivity index (χ1n) is 6.64. The van der Waals surface area contributed by atoms with Gasteiger partial charge in [-0.15, -0.1) is 10.2 Å². The van der Waals surface area contributed by atoms with Gasteiger partial charge in [-0.1, -0.05) is 11.8 Å². The third-order valence-electron chi connectivity index (χ3n) is 2.99. The molecule has 8 heteroatoms. The molecule has 0 spiro atoms. The number of carbonyl (C=O) groups excluding carboxylic acids is 2. The first-order chi connectivity index (χ1) is 9.60. The van der Waals surface area contributed by atoms with Crippen molar-refractivity contribution in [3.63, 3.8) is 0 Å². The number of rotatable bonds is 7. The first kappa shape index (κ1) is 14.8. The molecular formula is C12H19N5O2S. The van der Waals surface area contributed by atoms with Crippen LogP contribution in [-0.4, -0.2) is 56.9 Å². The van der Waals surface area contributed by atoms with E-state index in [1.807, 2.05) is 11.5 Å². The zero-order chi connectivity index (χ0) is 14.5. The number of amides is 2. The van der Waals surface area contributed by atoms with E-state index in [2.05, 4.69) is 15.5 Å². The van der Waals surface area contributed by atoms with Crippen LogP contribution in [-0.2, 0) is 16.1 Å². The maximum atomic E-state index is 11.9. The number of aromatic nitrogens is 3. The summed E-state index contributed by atoms with van der Waals surface area (Å²) < 4.78 is 1.87. The Hall–Kier alpha value is -1.57. The van der Waals surface area contributed by atoms with Crippen LogP contribution in [0.15, 0.2) is 11.5 Å². The van der Waals surface area contributed by atoms with Crippen LogP contribution < -0.4 is 5.32 Å². The van der Waals surface area contributed by atoms with Crippen molar-refractivity contribution < 1.29 is 9.59 Å². The van der Waals surface area contributed by atoms with E-state index in [1.165, 1.54) is 16.7 Å². The molecule has 2 rings (SSSR count). The molecule has 0 atom stereocenters. The second-order valence-electron chi connectivity index (χ2n) is 4.78. The van der Waals surface area contributed by atoms with Gasteiger partial charge in [-0.3, -0.25) is 9.59 Å². The van der Waals surface area contributed by atoms with E-state index in [0.717, 1.165) is 24.5 Å². The summed E-state index contributed by atoms with van der Waals surface area (Å²) in [5.41, 5.74) is 0. The lowest BCUT2D eigenvalue weighted by atomic mass is 10.5. The van der Waals surface area contributed by atoms with Gasteiger partial charge in [0, 0.05) is 19.6 Å². The molecule has 1 aliphatic carbocycles. The molecule has 1 saturated carbocycles. The summed E-state index contributed by atoms with van der Waals surface area (Å²) in [6, 6.07) is 0.323. The van der Waals surface area contributed by atoms with Gasteiger partial charge in [0.05, 0.1) is 12.3 Å². The molecular weight excluding hydrogens is 278 g/mol. The van der Waals surface area contributed by atoms with Gasteiger partial charge in [0.2, 0.25) is 11.8 Å². The molecule has 110 valence electrons. The highest BCUT2D eigenvalue weighted by atomic mass is 32.2. The van der Waals surface area contributed by atoms with Crippen molar-refractivity contribution in [3.8, 4) is 0 Å². The molecule has 0 aromatic carbocycles. The van der Waals surface area contributed by atoms with Gasteiger partial charge in [-0.2, -0.15) is 0 Å². The number of thioether (sulfide) groups is 1. The van der Waals surface area contributed by atoms with Crippen molar-refractivity contribution in [1.29, 1.82) is 0 Å². The minimum atomic E-state index is -0.0925. The summed E-state index contributed by atoms with van der Waals surface area (Å²) in [4.78, 5) is 25.0. The highest BCUT2D eigenvalue weighted by molar-refractivity contribution is 7.99. The van der Waals surface area contributed by atoms with Gasteiger partial charge in [0.1, 0.15) is 6.33 Å². The second-order valence-corrected chi connectivity index (χ2v) is 5.72. The number of hydrogen-bond donors (Lipinski definition) is 1. The predicted octanol–water partition coefficient (Wildman–Crippen LogP) is 0.127. The summed E-state index contributed by atoms with van der Waals surface area (Å²) >= 11 is 1.33. The maximum absolute atomic E-state index is 11.9. The average molecular weight is 297 g/mol. The number of carbonyl (C=O) groups is 2. The lowest BCUT2D eigenvalue weighted by Gasteiger charge is -2.16. The van der Waals surface area contributed by atoms with Crippen molar-refractivity contribution >= 4 is 23.6 Å². The highest BCUT2D eigenvalue weighted by Gasteiger charge is 2.24. The number of nitrogens with zero attached hydrogens (tertiary/aromatic N) is 4. The van der Waals surface area contributed by atoms with E-state index < -0.39 is 0 Å². The molecule has 0 unspecified atom stereocenters. The Morgan fingerprint density at radius 1 is 1.55 bits per heavy atom. The van der Waals surface area contributed by atoms with E-state index in [-0.39, 0.29) is 24.1 Å². The monoisotopic (exact) mass is 297 g/mol. The lowest BCUT2D eigenvalue weighted by Crippen LogP contribution is -2.39. The molecule has 2 amide bonds. The van der Waals surface area contributed by atoms with Crippen molar-refractivity contribution in [2.24, 2.45) is 0 Å². The molecule has 0 saturated heterocycles. The van der Waals surface area contributed by atoms with Gasteiger partial charge in [0.25, 0.3) is 0 Å². The van der Waals surface area contributed by atoms with Crippen LogP contribution in [0.25, 0.3) is 0 Å². The van der Waals surface area contributed by atoms with Gasteiger partial charge in [-0.25, -0.2) is 0 Å². The van der Waals surface area contributed by atoms with Crippen LogP contribution in [0, 0.1) is 0 Å². The quantitative estimate of drug-likeness (QED) is 0.724. The van der Waals surface area contributed by atoms with Crippen LogP contribution in [0.4, 0.5) is 0 Å². The first-order valence-corrected chi connectivity index (χ1v) is 7.62.